The van der Waals surface area contributed by atoms with Crippen LogP contribution in [0.3, 0.4) is 0 Å². The van der Waals surface area contributed by atoms with Gasteiger partial charge >= 0.3 is 0 Å². The third-order valence-electron chi connectivity index (χ3n) is 2.59. The zero-order valence-electron chi connectivity index (χ0n) is 9.83. The average Bonchev–Trinajstić information content (AvgIpc) is 2.86. The molecule has 2 heterocycles. The van der Waals surface area contributed by atoms with Crippen LogP contribution in [0.15, 0.2) is 36.9 Å². The Hall–Kier alpha value is -2.05. The number of nitrogens with zero attached hydrogens (tertiary/aromatic N) is 5. The van der Waals surface area contributed by atoms with Gasteiger partial charge in [0.2, 0.25) is 0 Å². The van der Waals surface area contributed by atoms with Crippen LogP contribution in [-0.2, 0) is 0 Å². The Bertz CT molecular complexity index is 774. The SMILES string of the molecule is Fc1cncnc1-c1cc(Cl)ccc1-n1cc(Cl)nn1. The van der Waals surface area contributed by atoms with Crippen LogP contribution in [0.4, 0.5) is 4.39 Å². The van der Waals surface area contributed by atoms with Crippen LogP contribution in [0.5, 0.6) is 0 Å². The third-order valence-corrected chi connectivity index (χ3v) is 3.00. The molecule has 3 rings (SSSR count). The van der Waals surface area contributed by atoms with Gasteiger partial charge in [0.05, 0.1) is 18.1 Å². The number of hydrogen-bond acceptors (Lipinski definition) is 4. The zero-order valence-corrected chi connectivity index (χ0v) is 11.3. The van der Waals surface area contributed by atoms with Crippen LogP contribution in [0.1, 0.15) is 0 Å². The number of rotatable bonds is 2. The Morgan fingerprint density at radius 1 is 1.20 bits per heavy atom. The van der Waals surface area contributed by atoms with Crippen molar-refractivity contribution in [2.24, 2.45) is 0 Å². The molecule has 0 bridgehead atoms. The summed E-state index contributed by atoms with van der Waals surface area (Å²) >= 11 is 11.7. The smallest absolute Gasteiger partial charge is 0.171 e. The molecule has 0 unspecified atom stereocenters. The minimum absolute atomic E-state index is 0.129. The summed E-state index contributed by atoms with van der Waals surface area (Å²) in [6.45, 7) is 0. The van der Waals surface area contributed by atoms with Gasteiger partial charge in [-0.3, -0.25) is 0 Å². The molecule has 0 radical (unpaired) electrons. The largest absolute Gasteiger partial charge is 0.242 e. The van der Waals surface area contributed by atoms with E-state index in [4.69, 9.17) is 23.2 Å². The lowest BCUT2D eigenvalue weighted by Crippen LogP contribution is -2.00. The summed E-state index contributed by atoms with van der Waals surface area (Å²) in [7, 11) is 0. The average molecular weight is 310 g/mol. The molecule has 0 aliphatic heterocycles. The zero-order chi connectivity index (χ0) is 14.1. The van der Waals surface area contributed by atoms with Gasteiger partial charge in [0.15, 0.2) is 11.0 Å². The Kier molecular flexibility index (Phi) is 3.33. The fraction of sp³-hybridized carbons (Fsp3) is 0. The van der Waals surface area contributed by atoms with Gasteiger partial charge < -0.3 is 0 Å². The first-order valence-corrected chi connectivity index (χ1v) is 6.24. The van der Waals surface area contributed by atoms with Crippen molar-refractivity contribution < 1.29 is 4.39 Å². The highest BCUT2D eigenvalue weighted by Crippen LogP contribution is 2.29. The van der Waals surface area contributed by atoms with Crippen LogP contribution in [-0.4, -0.2) is 25.0 Å². The fourth-order valence-corrected chi connectivity index (χ4v) is 2.07. The molecule has 0 aliphatic carbocycles. The molecule has 0 amide bonds. The van der Waals surface area contributed by atoms with Gasteiger partial charge in [-0.05, 0) is 18.2 Å². The van der Waals surface area contributed by atoms with Crippen molar-refractivity contribution in [2.45, 2.75) is 0 Å². The van der Waals surface area contributed by atoms with Crippen molar-refractivity contribution in [2.75, 3.05) is 0 Å². The molecular formula is C12H6Cl2FN5. The molecule has 3 aromatic rings. The van der Waals surface area contributed by atoms with E-state index in [9.17, 15) is 4.39 Å². The predicted molar refractivity (Wildman–Crippen MR) is 72.4 cm³/mol. The summed E-state index contributed by atoms with van der Waals surface area (Å²) in [5.41, 5.74) is 1.16. The summed E-state index contributed by atoms with van der Waals surface area (Å²) in [6.07, 6.45) is 3.85. The van der Waals surface area contributed by atoms with E-state index in [2.05, 4.69) is 20.3 Å². The second-order valence-electron chi connectivity index (χ2n) is 3.87. The summed E-state index contributed by atoms with van der Waals surface area (Å²) in [4.78, 5) is 7.57. The number of aromatic nitrogens is 5. The molecule has 100 valence electrons. The highest BCUT2D eigenvalue weighted by atomic mass is 35.5. The summed E-state index contributed by atoms with van der Waals surface area (Å²) in [5, 5.41) is 8.23. The lowest BCUT2D eigenvalue weighted by atomic mass is 10.1. The highest BCUT2D eigenvalue weighted by Gasteiger charge is 2.14. The van der Waals surface area contributed by atoms with Crippen molar-refractivity contribution in [3.05, 3.63) is 52.9 Å². The van der Waals surface area contributed by atoms with E-state index in [0.717, 1.165) is 6.20 Å². The quantitative estimate of drug-likeness (QED) is 0.729. The third kappa shape index (κ3) is 2.35. The molecule has 0 saturated heterocycles. The van der Waals surface area contributed by atoms with Crippen molar-refractivity contribution in [3.8, 4) is 16.9 Å². The van der Waals surface area contributed by atoms with Crippen LogP contribution in [0.2, 0.25) is 10.2 Å². The molecular weight excluding hydrogens is 304 g/mol. The number of halogens is 3. The minimum atomic E-state index is -0.553. The molecule has 0 aliphatic rings. The molecule has 0 saturated carbocycles. The molecule has 2 aromatic heterocycles. The van der Waals surface area contributed by atoms with Gasteiger partial charge in [-0.25, -0.2) is 19.0 Å². The molecule has 0 fully saturated rings. The number of benzene rings is 1. The van der Waals surface area contributed by atoms with E-state index in [1.807, 2.05) is 0 Å². The Balaban J connectivity index is 2.24. The monoisotopic (exact) mass is 309 g/mol. The van der Waals surface area contributed by atoms with Gasteiger partial charge in [-0.1, -0.05) is 28.4 Å². The maximum absolute atomic E-state index is 13.9. The van der Waals surface area contributed by atoms with E-state index in [1.165, 1.54) is 17.2 Å². The lowest BCUT2D eigenvalue weighted by molar-refractivity contribution is 0.617. The van der Waals surface area contributed by atoms with Crippen molar-refractivity contribution >= 4 is 23.2 Å². The van der Waals surface area contributed by atoms with Gasteiger partial charge in [-0.2, -0.15) is 0 Å². The predicted octanol–water partition coefficient (Wildman–Crippen LogP) is 3.17. The molecule has 5 nitrogen and oxygen atoms in total. The van der Waals surface area contributed by atoms with Crippen molar-refractivity contribution in [3.63, 3.8) is 0 Å². The van der Waals surface area contributed by atoms with Crippen LogP contribution in [0.25, 0.3) is 16.9 Å². The molecule has 0 N–H and O–H groups in total. The summed E-state index contributed by atoms with van der Waals surface area (Å²) in [5.74, 6) is -0.553. The first-order chi connectivity index (χ1) is 9.65. The summed E-state index contributed by atoms with van der Waals surface area (Å²) < 4.78 is 15.3. The van der Waals surface area contributed by atoms with E-state index < -0.39 is 5.82 Å². The van der Waals surface area contributed by atoms with Gasteiger partial charge in [0.25, 0.3) is 0 Å². The van der Waals surface area contributed by atoms with Crippen LogP contribution >= 0.6 is 23.2 Å². The van der Waals surface area contributed by atoms with E-state index in [0.29, 0.717) is 16.3 Å². The maximum Gasteiger partial charge on any atom is 0.171 e. The first kappa shape index (κ1) is 13.0. The second kappa shape index (κ2) is 5.15. The minimum Gasteiger partial charge on any atom is -0.242 e. The highest BCUT2D eigenvalue weighted by molar-refractivity contribution is 6.31. The normalized spacial score (nSPS) is 10.8. The second-order valence-corrected chi connectivity index (χ2v) is 4.69. The molecule has 1 aromatic carbocycles. The summed E-state index contributed by atoms with van der Waals surface area (Å²) in [6, 6.07) is 4.94. The van der Waals surface area contributed by atoms with Crippen LogP contribution < -0.4 is 0 Å². The first-order valence-electron chi connectivity index (χ1n) is 5.49. The lowest BCUT2D eigenvalue weighted by Gasteiger charge is -2.09. The van der Waals surface area contributed by atoms with Crippen LogP contribution in [0, 0.1) is 5.82 Å². The Labute approximate surface area is 123 Å². The Morgan fingerprint density at radius 3 is 2.75 bits per heavy atom. The van der Waals surface area contributed by atoms with Gasteiger partial charge in [0.1, 0.15) is 12.0 Å². The van der Waals surface area contributed by atoms with E-state index in [1.54, 1.807) is 18.2 Å². The molecule has 0 spiro atoms. The van der Waals surface area contributed by atoms with E-state index >= 15 is 0 Å². The maximum atomic E-state index is 13.9. The Morgan fingerprint density at radius 2 is 2.05 bits per heavy atom. The molecule has 0 atom stereocenters. The van der Waals surface area contributed by atoms with Gasteiger partial charge in [-0.15, -0.1) is 5.10 Å². The topological polar surface area (TPSA) is 56.5 Å². The van der Waals surface area contributed by atoms with Gasteiger partial charge in [0, 0.05) is 10.6 Å². The molecule has 20 heavy (non-hydrogen) atoms. The van der Waals surface area contributed by atoms with Crippen molar-refractivity contribution in [1.82, 2.24) is 25.0 Å². The standard InChI is InChI=1S/C12H6Cl2FN5/c13-7-1-2-10(20-5-11(14)18-19-20)8(3-7)12-9(15)4-16-6-17-12/h1-6H. The molecule has 8 heteroatoms. The van der Waals surface area contributed by atoms with Crippen molar-refractivity contribution in [1.29, 1.82) is 0 Å². The number of hydrogen-bond donors (Lipinski definition) is 0. The van der Waals surface area contributed by atoms with E-state index in [-0.39, 0.29) is 10.8 Å². The fourth-order valence-electron chi connectivity index (χ4n) is 1.77.